The summed E-state index contributed by atoms with van der Waals surface area (Å²) in [6.07, 6.45) is 0.838. The van der Waals surface area contributed by atoms with E-state index in [9.17, 15) is 10.1 Å². The summed E-state index contributed by atoms with van der Waals surface area (Å²) in [5.41, 5.74) is 3.36. The standard InChI is InChI=1S/C25H26N4O2Se/c1-3-27(4-2)25(19-20-11-7-5-8-12-20)28(22-13-9-6-10-14-22)26-24(32-25)21-15-17-23(18-16-21)29(30)31/h5-18H,3-4,19H2,1-2H3. The number of likely N-dealkylation sites (N-methyl/N-ethyl adjacent to an activating group) is 1. The van der Waals surface area contributed by atoms with Gasteiger partial charge in [-0.25, -0.2) is 0 Å². The second kappa shape index (κ2) is 9.65. The van der Waals surface area contributed by atoms with Crippen LogP contribution in [-0.4, -0.2) is 47.0 Å². The number of rotatable bonds is 8. The molecule has 0 saturated carbocycles. The number of hydrogen-bond acceptors (Lipinski definition) is 5. The first kappa shape index (κ1) is 22.2. The van der Waals surface area contributed by atoms with E-state index >= 15 is 0 Å². The Labute approximate surface area is 194 Å². The molecule has 1 aliphatic rings. The number of hydrogen-bond donors (Lipinski definition) is 0. The fourth-order valence-electron chi connectivity index (χ4n) is 4.06. The van der Waals surface area contributed by atoms with Gasteiger partial charge in [0.05, 0.1) is 0 Å². The fourth-order valence-corrected chi connectivity index (χ4v) is 7.30. The Balaban J connectivity index is 1.82. The van der Waals surface area contributed by atoms with Crippen LogP contribution in [0, 0.1) is 10.1 Å². The first-order valence-electron chi connectivity index (χ1n) is 10.7. The van der Waals surface area contributed by atoms with Gasteiger partial charge < -0.3 is 0 Å². The molecule has 0 radical (unpaired) electrons. The quantitative estimate of drug-likeness (QED) is 0.259. The molecule has 0 bridgehead atoms. The number of nitrogens with zero attached hydrogens (tertiary/aromatic N) is 4. The molecular formula is C25H26N4O2Se. The van der Waals surface area contributed by atoms with Gasteiger partial charge in [0, 0.05) is 0 Å². The second-order valence-electron chi connectivity index (χ2n) is 7.54. The van der Waals surface area contributed by atoms with Crippen molar-refractivity contribution >= 4 is 30.9 Å². The number of benzene rings is 3. The van der Waals surface area contributed by atoms with Crippen molar-refractivity contribution in [2.24, 2.45) is 5.10 Å². The van der Waals surface area contributed by atoms with Crippen molar-refractivity contribution in [1.29, 1.82) is 0 Å². The third-order valence-corrected chi connectivity index (χ3v) is 8.61. The van der Waals surface area contributed by atoms with Gasteiger partial charge in [0.25, 0.3) is 0 Å². The number of non-ortho nitro benzene ring substituents is 1. The maximum absolute atomic E-state index is 11.1. The molecule has 0 spiro atoms. The van der Waals surface area contributed by atoms with E-state index in [1.165, 1.54) is 5.56 Å². The summed E-state index contributed by atoms with van der Waals surface area (Å²) in [6.45, 7) is 6.19. The minimum absolute atomic E-state index is 0.0269. The van der Waals surface area contributed by atoms with Crippen LogP contribution >= 0.6 is 0 Å². The van der Waals surface area contributed by atoms with E-state index in [2.05, 4.69) is 60.2 Å². The maximum atomic E-state index is 11.1. The topological polar surface area (TPSA) is 62.0 Å². The summed E-state index contributed by atoms with van der Waals surface area (Å²) < 4.78 is 0.690. The van der Waals surface area contributed by atoms with E-state index in [4.69, 9.17) is 5.10 Å². The average Bonchev–Trinajstić information content (AvgIpc) is 3.21. The summed E-state index contributed by atoms with van der Waals surface area (Å²) in [4.78, 5) is 13.2. The van der Waals surface area contributed by atoms with Gasteiger partial charge in [0.15, 0.2) is 0 Å². The molecule has 4 rings (SSSR count). The van der Waals surface area contributed by atoms with Crippen LogP contribution in [0.2, 0.25) is 0 Å². The summed E-state index contributed by atoms with van der Waals surface area (Å²) in [6, 6.07) is 27.6. The minimum atomic E-state index is -0.364. The molecule has 0 aliphatic carbocycles. The van der Waals surface area contributed by atoms with Crippen LogP contribution in [0.1, 0.15) is 25.0 Å². The van der Waals surface area contributed by atoms with Crippen LogP contribution in [0.4, 0.5) is 11.4 Å². The molecule has 7 heteroatoms. The van der Waals surface area contributed by atoms with Crippen molar-refractivity contribution in [2.45, 2.75) is 24.8 Å². The molecule has 0 amide bonds. The monoisotopic (exact) mass is 494 g/mol. The zero-order valence-electron chi connectivity index (χ0n) is 18.2. The van der Waals surface area contributed by atoms with Crippen molar-refractivity contribution < 1.29 is 4.92 Å². The van der Waals surface area contributed by atoms with Gasteiger partial charge in [-0.2, -0.15) is 0 Å². The van der Waals surface area contributed by atoms with Crippen LogP contribution in [-0.2, 0) is 6.42 Å². The van der Waals surface area contributed by atoms with Gasteiger partial charge in [-0.3, -0.25) is 0 Å². The Morgan fingerprint density at radius 3 is 2.09 bits per heavy atom. The molecule has 164 valence electrons. The van der Waals surface area contributed by atoms with Gasteiger partial charge >= 0.3 is 195 Å². The molecular weight excluding hydrogens is 467 g/mol. The van der Waals surface area contributed by atoms with Gasteiger partial charge in [-0.1, -0.05) is 0 Å². The predicted molar refractivity (Wildman–Crippen MR) is 130 cm³/mol. The summed E-state index contributed by atoms with van der Waals surface area (Å²) in [5, 5.41) is 18.4. The molecule has 0 aromatic heterocycles. The molecule has 6 nitrogen and oxygen atoms in total. The number of nitro groups is 1. The molecule has 1 atom stereocenters. The van der Waals surface area contributed by atoms with Crippen LogP contribution in [0.15, 0.2) is 90.0 Å². The first-order valence-corrected chi connectivity index (χ1v) is 12.5. The van der Waals surface area contributed by atoms with E-state index < -0.39 is 0 Å². The predicted octanol–water partition coefficient (Wildman–Crippen LogP) is 4.72. The second-order valence-corrected chi connectivity index (χ2v) is 10.1. The molecule has 1 heterocycles. The third kappa shape index (κ3) is 4.32. The number of anilines is 1. The van der Waals surface area contributed by atoms with Crippen molar-refractivity contribution in [3.8, 4) is 0 Å². The van der Waals surface area contributed by atoms with Crippen molar-refractivity contribution in [1.82, 2.24) is 4.90 Å². The van der Waals surface area contributed by atoms with Gasteiger partial charge in [0.1, 0.15) is 0 Å². The van der Waals surface area contributed by atoms with Crippen molar-refractivity contribution in [2.75, 3.05) is 18.1 Å². The molecule has 0 fully saturated rings. The molecule has 0 N–H and O–H groups in total. The Hall–Kier alpha value is -2.99. The Morgan fingerprint density at radius 2 is 1.53 bits per heavy atom. The van der Waals surface area contributed by atoms with E-state index in [-0.39, 0.29) is 30.1 Å². The molecule has 3 aromatic carbocycles. The van der Waals surface area contributed by atoms with Crippen LogP contribution in [0.3, 0.4) is 0 Å². The van der Waals surface area contributed by atoms with E-state index in [0.717, 1.165) is 35.4 Å². The summed E-state index contributed by atoms with van der Waals surface area (Å²) in [5.74, 6) is 0. The number of hydrazone groups is 1. The summed E-state index contributed by atoms with van der Waals surface area (Å²) >= 11 is -0.0269. The number of para-hydroxylation sites is 1. The SMILES string of the molecule is CCN(CC)C1(Cc2ccccc2)[Se]C(c2ccc([N+](=O)[O-])cc2)=NN1c1ccccc1. The van der Waals surface area contributed by atoms with Gasteiger partial charge in [0.2, 0.25) is 0 Å². The Kier molecular flexibility index (Phi) is 6.70. The zero-order valence-corrected chi connectivity index (χ0v) is 19.9. The zero-order chi connectivity index (χ0) is 22.6. The van der Waals surface area contributed by atoms with Crippen LogP contribution in [0.25, 0.3) is 0 Å². The van der Waals surface area contributed by atoms with Crippen molar-refractivity contribution in [3.05, 3.63) is 106 Å². The average molecular weight is 493 g/mol. The molecule has 0 saturated heterocycles. The third-order valence-electron chi connectivity index (χ3n) is 5.64. The Bertz CT molecular complexity index is 1090. The molecule has 1 aliphatic heterocycles. The Morgan fingerprint density at radius 1 is 0.938 bits per heavy atom. The fraction of sp³-hybridized carbons (Fsp3) is 0.240. The molecule has 1 unspecified atom stereocenters. The molecule has 3 aromatic rings. The summed E-state index contributed by atoms with van der Waals surface area (Å²) in [7, 11) is 0. The van der Waals surface area contributed by atoms with Crippen LogP contribution < -0.4 is 5.01 Å². The van der Waals surface area contributed by atoms with E-state index in [1.54, 1.807) is 12.1 Å². The van der Waals surface area contributed by atoms with E-state index in [1.807, 2.05) is 36.4 Å². The van der Waals surface area contributed by atoms with Crippen LogP contribution in [0.5, 0.6) is 0 Å². The van der Waals surface area contributed by atoms with Gasteiger partial charge in [-0.05, 0) is 0 Å². The van der Waals surface area contributed by atoms with E-state index in [0.29, 0.717) is 0 Å². The molecule has 32 heavy (non-hydrogen) atoms. The number of nitro benzene ring substituents is 1. The van der Waals surface area contributed by atoms with Crippen molar-refractivity contribution in [3.63, 3.8) is 0 Å². The first-order chi connectivity index (χ1) is 15.6. The van der Waals surface area contributed by atoms with Gasteiger partial charge in [-0.15, -0.1) is 0 Å². The normalized spacial score (nSPS) is 18.1.